The van der Waals surface area contributed by atoms with E-state index in [1.807, 2.05) is 0 Å². The van der Waals surface area contributed by atoms with Crippen molar-refractivity contribution < 1.29 is 4.79 Å². The molecule has 1 aliphatic heterocycles. The van der Waals surface area contributed by atoms with Crippen LogP contribution in [0.3, 0.4) is 0 Å². The molecule has 1 fully saturated rings. The highest BCUT2D eigenvalue weighted by atomic mass is 35.5. The number of hydrogen-bond acceptors (Lipinski definition) is 2. The fourth-order valence-corrected chi connectivity index (χ4v) is 3.71. The summed E-state index contributed by atoms with van der Waals surface area (Å²) in [5, 5.41) is 7.78. The molecule has 3 N–H and O–H groups in total. The van der Waals surface area contributed by atoms with Crippen molar-refractivity contribution in [3.8, 4) is 0 Å². The standard InChI is InChI=1S/C20H29N3O.ClH/c1-13(17-5-4-8-21-12-17)9-20(24)22-11-16-6-7-19-18(10-16)14(2)15(3)23-19;/h6-7,10,13,17,21,23H,4-5,8-9,11-12H2,1-3H3,(H,22,24);1H. The van der Waals surface area contributed by atoms with Gasteiger partial charge in [0.05, 0.1) is 0 Å². The third-order valence-corrected chi connectivity index (χ3v) is 5.51. The van der Waals surface area contributed by atoms with Crippen LogP contribution in [0.2, 0.25) is 0 Å². The largest absolute Gasteiger partial charge is 0.358 e. The zero-order valence-corrected chi connectivity index (χ0v) is 16.3. The third-order valence-electron chi connectivity index (χ3n) is 5.51. The molecule has 1 aromatic carbocycles. The lowest BCUT2D eigenvalue weighted by Crippen LogP contribution is -2.35. The maximum atomic E-state index is 12.3. The first-order valence-electron chi connectivity index (χ1n) is 9.10. The van der Waals surface area contributed by atoms with Gasteiger partial charge in [0.1, 0.15) is 0 Å². The SMILES string of the molecule is Cc1[nH]c2ccc(CNC(=O)CC(C)C3CCCNC3)cc2c1C.Cl. The number of aryl methyl sites for hydroxylation is 2. The van der Waals surface area contributed by atoms with E-state index in [2.05, 4.69) is 54.6 Å². The van der Waals surface area contributed by atoms with E-state index in [0.29, 0.717) is 24.8 Å². The van der Waals surface area contributed by atoms with Crippen molar-refractivity contribution in [3.63, 3.8) is 0 Å². The number of nitrogens with one attached hydrogen (secondary N) is 3. The lowest BCUT2D eigenvalue weighted by atomic mass is 9.85. The summed E-state index contributed by atoms with van der Waals surface area (Å²) >= 11 is 0. The molecule has 2 atom stereocenters. The van der Waals surface area contributed by atoms with Crippen molar-refractivity contribution in [3.05, 3.63) is 35.0 Å². The Labute approximate surface area is 156 Å². The van der Waals surface area contributed by atoms with Gasteiger partial charge in [0, 0.05) is 29.6 Å². The van der Waals surface area contributed by atoms with Gasteiger partial charge in [0.2, 0.25) is 5.91 Å². The molecule has 2 heterocycles. The predicted octanol–water partition coefficient (Wildman–Crippen LogP) is 3.85. The van der Waals surface area contributed by atoms with Gasteiger partial charge in [-0.3, -0.25) is 4.79 Å². The smallest absolute Gasteiger partial charge is 0.220 e. The minimum atomic E-state index is 0. The molecule has 138 valence electrons. The Hall–Kier alpha value is -1.52. The van der Waals surface area contributed by atoms with E-state index in [1.165, 1.54) is 35.0 Å². The van der Waals surface area contributed by atoms with Crippen LogP contribution in [-0.2, 0) is 11.3 Å². The number of aromatic nitrogens is 1. The van der Waals surface area contributed by atoms with Gasteiger partial charge in [-0.15, -0.1) is 12.4 Å². The van der Waals surface area contributed by atoms with Crippen LogP contribution < -0.4 is 10.6 Å². The minimum absolute atomic E-state index is 0. The summed E-state index contributed by atoms with van der Waals surface area (Å²) in [6.07, 6.45) is 3.09. The fraction of sp³-hybridized carbons (Fsp3) is 0.550. The van der Waals surface area contributed by atoms with Gasteiger partial charge in [-0.2, -0.15) is 0 Å². The van der Waals surface area contributed by atoms with Crippen molar-refractivity contribution in [2.75, 3.05) is 13.1 Å². The van der Waals surface area contributed by atoms with Crippen LogP contribution in [-0.4, -0.2) is 24.0 Å². The second-order valence-corrected chi connectivity index (χ2v) is 7.32. The highest BCUT2D eigenvalue weighted by molar-refractivity contribution is 5.85. The van der Waals surface area contributed by atoms with Crippen LogP contribution in [0, 0.1) is 25.7 Å². The second-order valence-electron chi connectivity index (χ2n) is 7.32. The summed E-state index contributed by atoms with van der Waals surface area (Å²) in [6, 6.07) is 6.38. The average molecular weight is 364 g/mol. The maximum Gasteiger partial charge on any atom is 0.220 e. The molecular weight excluding hydrogens is 334 g/mol. The number of halogens is 1. The van der Waals surface area contributed by atoms with Crippen LogP contribution in [0.25, 0.3) is 10.9 Å². The summed E-state index contributed by atoms with van der Waals surface area (Å²) in [7, 11) is 0. The van der Waals surface area contributed by atoms with Crippen molar-refractivity contribution in [1.82, 2.24) is 15.6 Å². The van der Waals surface area contributed by atoms with Crippen molar-refractivity contribution in [2.24, 2.45) is 11.8 Å². The van der Waals surface area contributed by atoms with Crippen LogP contribution >= 0.6 is 12.4 Å². The van der Waals surface area contributed by atoms with Gasteiger partial charge in [-0.05, 0) is 74.9 Å². The molecule has 0 radical (unpaired) electrons. The first-order chi connectivity index (χ1) is 11.5. The Kier molecular flexibility index (Phi) is 6.91. The maximum absolute atomic E-state index is 12.3. The highest BCUT2D eigenvalue weighted by Gasteiger charge is 2.21. The molecular formula is C20H30ClN3O. The van der Waals surface area contributed by atoms with Gasteiger partial charge >= 0.3 is 0 Å². The topological polar surface area (TPSA) is 56.9 Å². The molecule has 2 aromatic rings. The van der Waals surface area contributed by atoms with Crippen molar-refractivity contribution in [1.29, 1.82) is 0 Å². The number of amides is 1. The summed E-state index contributed by atoms with van der Waals surface area (Å²) in [5.74, 6) is 1.23. The fourth-order valence-electron chi connectivity index (χ4n) is 3.71. The molecule has 0 aliphatic carbocycles. The van der Waals surface area contributed by atoms with E-state index in [-0.39, 0.29) is 18.3 Å². The average Bonchev–Trinajstić information content (AvgIpc) is 2.88. The lowest BCUT2D eigenvalue weighted by molar-refractivity contribution is -0.122. The normalized spacial score (nSPS) is 18.6. The van der Waals surface area contributed by atoms with Crippen LogP contribution in [0.1, 0.15) is 43.0 Å². The molecule has 5 heteroatoms. The first-order valence-corrected chi connectivity index (χ1v) is 9.10. The molecule has 3 rings (SSSR count). The molecule has 25 heavy (non-hydrogen) atoms. The number of carbonyl (C=O) groups excluding carboxylic acids is 1. The van der Waals surface area contributed by atoms with Crippen LogP contribution in [0.4, 0.5) is 0 Å². The van der Waals surface area contributed by atoms with Crippen molar-refractivity contribution in [2.45, 2.75) is 46.6 Å². The zero-order chi connectivity index (χ0) is 17.1. The lowest BCUT2D eigenvalue weighted by Gasteiger charge is -2.28. The number of H-pyrrole nitrogens is 1. The van der Waals surface area contributed by atoms with Gasteiger partial charge in [0.25, 0.3) is 0 Å². The number of carbonyl (C=O) groups is 1. The number of benzene rings is 1. The number of fused-ring (bicyclic) bond motifs is 1. The van der Waals surface area contributed by atoms with Gasteiger partial charge < -0.3 is 15.6 Å². The van der Waals surface area contributed by atoms with E-state index in [9.17, 15) is 4.79 Å². The van der Waals surface area contributed by atoms with E-state index >= 15 is 0 Å². The number of aromatic amines is 1. The van der Waals surface area contributed by atoms with Gasteiger partial charge in [0.15, 0.2) is 0 Å². The molecule has 1 amide bonds. The molecule has 0 saturated carbocycles. The summed E-state index contributed by atoms with van der Waals surface area (Å²) < 4.78 is 0. The second kappa shape index (κ2) is 8.72. The zero-order valence-electron chi connectivity index (χ0n) is 15.4. The molecule has 1 saturated heterocycles. The quantitative estimate of drug-likeness (QED) is 0.755. The Bertz CT molecular complexity index is 719. The summed E-state index contributed by atoms with van der Waals surface area (Å²) in [4.78, 5) is 15.7. The summed E-state index contributed by atoms with van der Waals surface area (Å²) in [5.41, 5.74) is 4.82. The number of rotatable bonds is 5. The van der Waals surface area contributed by atoms with Crippen LogP contribution in [0.15, 0.2) is 18.2 Å². The van der Waals surface area contributed by atoms with Crippen LogP contribution in [0.5, 0.6) is 0 Å². The number of piperidine rings is 1. The van der Waals surface area contributed by atoms with Gasteiger partial charge in [-0.1, -0.05) is 13.0 Å². The predicted molar refractivity (Wildman–Crippen MR) is 106 cm³/mol. The highest BCUT2D eigenvalue weighted by Crippen LogP contribution is 2.23. The Morgan fingerprint density at radius 3 is 2.88 bits per heavy atom. The molecule has 4 nitrogen and oxygen atoms in total. The van der Waals surface area contributed by atoms with E-state index in [4.69, 9.17) is 0 Å². The van der Waals surface area contributed by atoms with E-state index in [0.717, 1.165) is 18.7 Å². The van der Waals surface area contributed by atoms with Gasteiger partial charge in [-0.25, -0.2) is 0 Å². The summed E-state index contributed by atoms with van der Waals surface area (Å²) in [6.45, 7) is 9.21. The molecule has 2 unspecified atom stereocenters. The molecule has 0 spiro atoms. The van der Waals surface area contributed by atoms with E-state index in [1.54, 1.807) is 0 Å². The first kappa shape index (κ1) is 19.8. The Morgan fingerprint density at radius 1 is 1.36 bits per heavy atom. The van der Waals surface area contributed by atoms with E-state index < -0.39 is 0 Å². The minimum Gasteiger partial charge on any atom is -0.358 e. The number of hydrogen-bond donors (Lipinski definition) is 3. The molecule has 0 bridgehead atoms. The van der Waals surface area contributed by atoms with Crippen molar-refractivity contribution >= 4 is 29.2 Å². The Morgan fingerprint density at radius 2 is 2.16 bits per heavy atom. The molecule has 1 aromatic heterocycles. The molecule has 1 aliphatic rings. The Balaban J connectivity index is 0.00000225. The monoisotopic (exact) mass is 363 g/mol. The third kappa shape index (κ3) is 4.77.